The summed E-state index contributed by atoms with van der Waals surface area (Å²) < 4.78 is 10.3. The van der Waals surface area contributed by atoms with Crippen LogP contribution in [0.25, 0.3) is 0 Å². The molecule has 0 saturated heterocycles. The van der Waals surface area contributed by atoms with E-state index in [1.54, 1.807) is 20.8 Å². The van der Waals surface area contributed by atoms with Crippen LogP contribution < -0.4 is 0 Å². The number of rotatable bonds is 5. The third kappa shape index (κ3) is 2.96. The van der Waals surface area contributed by atoms with Crippen LogP contribution in [0, 0.1) is 0 Å². The molecular weight excluding hydrogens is 179 g/mol. The summed E-state index contributed by atoms with van der Waals surface area (Å²) in [5.41, 5.74) is -1.24. The summed E-state index contributed by atoms with van der Waals surface area (Å²) >= 11 is 0. The van der Waals surface area contributed by atoms with Crippen LogP contribution in [0.15, 0.2) is 0 Å². The van der Waals surface area contributed by atoms with E-state index in [2.05, 4.69) is 0 Å². The molecule has 0 spiro atoms. The maximum atomic E-state index is 9.42. The van der Waals surface area contributed by atoms with Crippen LogP contribution >= 0.6 is 7.72 Å². The Balaban J connectivity index is 4.38. The summed E-state index contributed by atoms with van der Waals surface area (Å²) in [7, 11) is -3.12. The van der Waals surface area contributed by atoms with Gasteiger partial charge in [0.25, 0.3) is 0 Å². The van der Waals surface area contributed by atoms with Gasteiger partial charge in [-0.25, -0.2) is 9.79 Å². The lowest BCUT2D eigenvalue weighted by Gasteiger charge is -2.29. The van der Waals surface area contributed by atoms with E-state index in [1.165, 1.54) is 6.66 Å². The molecule has 0 amide bonds. The van der Waals surface area contributed by atoms with Crippen molar-refractivity contribution in [1.29, 1.82) is 0 Å². The second-order valence-electron chi connectivity index (χ2n) is 2.68. The van der Waals surface area contributed by atoms with Gasteiger partial charge in [-0.05, 0) is 13.8 Å². The first-order valence-electron chi connectivity index (χ1n) is 3.97. The van der Waals surface area contributed by atoms with Gasteiger partial charge in [0.2, 0.25) is 0 Å². The molecule has 0 fully saturated rings. The predicted octanol–water partition coefficient (Wildman–Crippen LogP) is 1.20. The maximum absolute atomic E-state index is 9.42. The summed E-state index contributed by atoms with van der Waals surface area (Å²) in [5, 5.41) is 0. The van der Waals surface area contributed by atoms with Crippen LogP contribution in [0.3, 0.4) is 0 Å². The van der Waals surface area contributed by atoms with Gasteiger partial charge in [0, 0.05) is 6.92 Å². The van der Waals surface area contributed by atoms with Crippen LogP contribution in [0.2, 0.25) is 0 Å². The maximum Gasteiger partial charge on any atom is 0.335 e. The van der Waals surface area contributed by atoms with E-state index in [0.29, 0.717) is 13.2 Å². The van der Waals surface area contributed by atoms with Gasteiger partial charge < -0.3 is 9.47 Å². The van der Waals surface area contributed by atoms with Crippen molar-refractivity contribution >= 4 is 7.72 Å². The molecule has 74 valence electrons. The SMILES string of the molecule is CCOC(C)(OCC)[P+](C)(O)O. The highest BCUT2D eigenvalue weighted by Gasteiger charge is 2.53. The van der Waals surface area contributed by atoms with Crippen LogP contribution in [0.5, 0.6) is 0 Å². The van der Waals surface area contributed by atoms with Crippen molar-refractivity contribution in [2.45, 2.75) is 26.3 Å². The molecule has 0 aliphatic rings. The summed E-state index contributed by atoms with van der Waals surface area (Å²) in [4.78, 5) is 18.8. The fourth-order valence-corrected chi connectivity index (χ4v) is 1.57. The Morgan fingerprint density at radius 3 is 1.67 bits per heavy atom. The summed E-state index contributed by atoms with van der Waals surface area (Å²) in [6.45, 7) is 7.26. The Hall–Kier alpha value is 0.270. The topological polar surface area (TPSA) is 58.9 Å². The van der Waals surface area contributed by atoms with Gasteiger partial charge in [-0.3, -0.25) is 0 Å². The fourth-order valence-electron chi connectivity index (χ4n) is 0.822. The molecule has 12 heavy (non-hydrogen) atoms. The van der Waals surface area contributed by atoms with E-state index in [-0.39, 0.29) is 0 Å². The van der Waals surface area contributed by atoms with E-state index in [9.17, 15) is 9.79 Å². The van der Waals surface area contributed by atoms with Crippen LogP contribution in [0.4, 0.5) is 0 Å². The Bertz CT molecular complexity index is 126. The normalized spacial score (nSPS) is 13.5. The molecule has 0 aromatic heterocycles. The quantitative estimate of drug-likeness (QED) is 0.513. The predicted molar refractivity (Wildman–Crippen MR) is 48.9 cm³/mol. The molecule has 0 radical (unpaired) electrons. The van der Waals surface area contributed by atoms with Crippen molar-refractivity contribution in [3.8, 4) is 0 Å². The fraction of sp³-hybridized carbons (Fsp3) is 1.00. The van der Waals surface area contributed by atoms with Crippen molar-refractivity contribution in [3.05, 3.63) is 0 Å². The first kappa shape index (κ1) is 12.3. The van der Waals surface area contributed by atoms with Gasteiger partial charge in [0.15, 0.2) is 0 Å². The third-order valence-corrected chi connectivity index (χ3v) is 3.39. The highest BCUT2D eigenvalue weighted by molar-refractivity contribution is 7.65. The molecule has 2 N–H and O–H groups in total. The Labute approximate surface area is 74.0 Å². The Morgan fingerprint density at radius 1 is 1.17 bits per heavy atom. The van der Waals surface area contributed by atoms with Crippen molar-refractivity contribution in [3.63, 3.8) is 0 Å². The first-order valence-corrected chi connectivity index (χ1v) is 6.11. The van der Waals surface area contributed by atoms with Crippen LogP contribution in [-0.2, 0) is 9.47 Å². The zero-order valence-electron chi connectivity index (χ0n) is 8.07. The van der Waals surface area contributed by atoms with Gasteiger partial charge in [-0.1, -0.05) is 0 Å². The van der Waals surface area contributed by atoms with Gasteiger partial charge >= 0.3 is 13.2 Å². The van der Waals surface area contributed by atoms with E-state index in [0.717, 1.165) is 0 Å². The minimum Gasteiger partial charge on any atom is -0.315 e. The molecule has 0 bridgehead atoms. The molecule has 4 nitrogen and oxygen atoms in total. The average Bonchev–Trinajstić information content (AvgIpc) is 1.86. The standard InChI is InChI=1S/C7H18O4P/c1-5-10-7(3,11-6-2)12(4,8)9/h8-9H,5-6H2,1-4H3/q+1. The lowest BCUT2D eigenvalue weighted by molar-refractivity contribution is -0.170. The summed E-state index contributed by atoms with van der Waals surface area (Å²) in [6.07, 6.45) is 0. The van der Waals surface area contributed by atoms with E-state index in [1.807, 2.05) is 0 Å². The minimum atomic E-state index is -3.12. The average molecular weight is 197 g/mol. The second-order valence-corrected chi connectivity index (χ2v) is 5.32. The largest absolute Gasteiger partial charge is 0.335 e. The molecule has 0 atom stereocenters. The molecule has 0 rings (SSSR count). The summed E-state index contributed by atoms with van der Waals surface area (Å²) in [6, 6.07) is 0. The van der Waals surface area contributed by atoms with Crippen molar-refractivity contribution in [2.24, 2.45) is 0 Å². The van der Waals surface area contributed by atoms with Crippen molar-refractivity contribution in [1.82, 2.24) is 0 Å². The van der Waals surface area contributed by atoms with E-state index < -0.39 is 13.2 Å². The Morgan fingerprint density at radius 2 is 1.50 bits per heavy atom. The number of hydrogen-bond acceptors (Lipinski definition) is 4. The van der Waals surface area contributed by atoms with Crippen molar-refractivity contribution in [2.75, 3.05) is 19.9 Å². The zero-order chi connectivity index (χ0) is 9.83. The summed E-state index contributed by atoms with van der Waals surface area (Å²) in [5.74, 6) is 0. The number of hydrogen-bond donors (Lipinski definition) is 2. The van der Waals surface area contributed by atoms with Gasteiger partial charge in [0.1, 0.15) is 6.66 Å². The van der Waals surface area contributed by atoms with Gasteiger partial charge in [-0.15, -0.1) is 0 Å². The molecule has 0 aliphatic carbocycles. The highest BCUT2D eigenvalue weighted by atomic mass is 31.2. The molecule has 0 unspecified atom stereocenters. The monoisotopic (exact) mass is 197 g/mol. The van der Waals surface area contributed by atoms with Crippen molar-refractivity contribution < 1.29 is 19.3 Å². The molecule has 0 aliphatic heterocycles. The zero-order valence-corrected chi connectivity index (χ0v) is 8.97. The van der Waals surface area contributed by atoms with Crippen LogP contribution in [-0.4, -0.2) is 35.2 Å². The third-order valence-electron chi connectivity index (χ3n) is 1.59. The second kappa shape index (κ2) is 4.49. The highest BCUT2D eigenvalue weighted by Crippen LogP contribution is 2.59. The Kier molecular flexibility index (Phi) is 4.59. The van der Waals surface area contributed by atoms with Gasteiger partial charge in [-0.2, -0.15) is 0 Å². The molecule has 0 aromatic carbocycles. The number of ether oxygens (including phenoxy) is 2. The minimum absolute atomic E-state index is 0.396. The van der Waals surface area contributed by atoms with E-state index >= 15 is 0 Å². The lowest BCUT2D eigenvalue weighted by atomic mass is 10.7. The van der Waals surface area contributed by atoms with E-state index in [4.69, 9.17) is 9.47 Å². The molecule has 0 heterocycles. The molecule has 0 aromatic rings. The smallest absolute Gasteiger partial charge is 0.315 e. The van der Waals surface area contributed by atoms with Gasteiger partial charge in [0.05, 0.1) is 13.2 Å². The molecule has 5 heteroatoms. The molecule has 0 saturated carbocycles. The molecular formula is C7H18O4P+. The first-order chi connectivity index (χ1) is 5.37. The van der Waals surface area contributed by atoms with Crippen LogP contribution in [0.1, 0.15) is 20.8 Å². The lowest BCUT2D eigenvalue weighted by Crippen LogP contribution is -2.34.